The van der Waals surface area contributed by atoms with Crippen LogP contribution >= 0.6 is 0 Å². The summed E-state index contributed by atoms with van der Waals surface area (Å²) in [6, 6.07) is 6.82. The lowest BCUT2D eigenvalue weighted by atomic mass is 10.2. The molecule has 0 fully saturated rings. The first-order valence-corrected chi connectivity index (χ1v) is 7.43. The number of anilines is 1. The number of carbonyl (C=O) groups is 1. The standard InChI is InChI=1S/C17H20N4O3/c1-10-16(11(2)21(4)20-10)19-17(22)12(3)24-14-7-6-13(9-18)8-15(14)23-5/h6-8,12H,1-5H3,(H,19,22)/t12-/m1/s1. The third kappa shape index (κ3) is 3.49. The van der Waals surface area contributed by atoms with Crippen LogP contribution in [0.2, 0.25) is 0 Å². The van der Waals surface area contributed by atoms with Crippen molar-refractivity contribution in [1.82, 2.24) is 9.78 Å². The lowest BCUT2D eigenvalue weighted by Crippen LogP contribution is -2.30. The van der Waals surface area contributed by atoms with Crippen molar-refractivity contribution in [1.29, 1.82) is 5.26 Å². The van der Waals surface area contributed by atoms with E-state index in [9.17, 15) is 4.79 Å². The van der Waals surface area contributed by atoms with Crippen molar-refractivity contribution >= 4 is 11.6 Å². The van der Waals surface area contributed by atoms with Crippen LogP contribution in [0.3, 0.4) is 0 Å². The highest BCUT2D eigenvalue weighted by Gasteiger charge is 2.20. The Morgan fingerprint density at radius 1 is 1.38 bits per heavy atom. The van der Waals surface area contributed by atoms with Crippen molar-refractivity contribution in [3.05, 3.63) is 35.2 Å². The highest BCUT2D eigenvalue weighted by molar-refractivity contribution is 5.95. The van der Waals surface area contributed by atoms with Gasteiger partial charge in [-0.2, -0.15) is 10.4 Å². The molecule has 0 radical (unpaired) electrons. The third-order valence-electron chi connectivity index (χ3n) is 3.72. The molecule has 1 heterocycles. The Hall–Kier alpha value is -3.01. The molecule has 7 nitrogen and oxygen atoms in total. The van der Waals surface area contributed by atoms with E-state index in [1.54, 1.807) is 29.8 Å². The summed E-state index contributed by atoms with van der Waals surface area (Å²) >= 11 is 0. The minimum Gasteiger partial charge on any atom is -0.493 e. The molecule has 1 amide bonds. The van der Waals surface area contributed by atoms with Crippen LogP contribution in [-0.4, -0.2) is 28.9 Å². The van der Waals surface area contributed by atoms with Gasteiger partial charge in [-0.3, -0.25) is 9.48 Å². The summed E-state index contributed by atoms with van der Waals surface area (Å²) in [6.07, 6.45) is -0.745. The van der Waals surface area contributed by atoms with Crippen LogP contribution in [-0.2, 0) is 11.8 Å². The fourth-order valence-corrected chi connectivity index (χ4v) is 2.26. The summed E-state index contributed by atoms with van der Waals surface area (Å²) in [5, 5.41) is 16.0. The smallest absolute Gasteiger partial charge is 0.265 e. The molecule has 7 heteroatoms. The van der Waals surface area contributed by atoms with Crippen LogP contribution in [0.5, 0.6) is 11.5 Å². The SMILES string of the molecule is COc1cc(C#N)ccc1O[C@H](C)C(=O)Nc1c(C)nn(C)c1C. The Morgan fingerprint density at radius 3 is 2.62 bits per heavy atom. The van der Waals surface area contributed by atoms with Crippen molar-refractivity contribution in [3.63, 3.8) is 0 Å². The van der Waals surface area contributed by atoms with Crippen LogP contribution in [0.1, 0.15) is 23.9 Å². The van der Waals surface area contributed by atoms with Crippen molar-refractivity contribution in [3.8, 4) is 17.6 Å². The minimum atomic E-state index is -0.745. The van der Waals surface area contributed by atoms with E-state index < -0.39 is 6.10 Å². The molecule has 0 unspecified atom stereocenters. The number of ether oxygens (including phenoxy) is 2. The summed E-state index contributed by atoms with van der Waals surface area (Å²) < 4.78 is 12.6. The van der Waals surface area contributed by atoms with Crippen LogP contribution in [0, 0.1) is 25.2 Å². The largest absolute Gasteiger partial charge is 0.493 e. The van der Waals surface area contributed by atoms with Gasteiger partial charge in [-0.05, 0) is 32.9 Å². The lowest BCUT2D eigenvalue weighted by molar-refractivity contribution is -0.122. The Labute approximate surface area is 140 Å². The third-order valence-corrected chi connectivity index (χ3v) is 3.72. The lowest BCUT2D eigenvalue weighted by Gasteiger charge is -2.17. The topological polar surface area (TPSA) is 89.2 Å². The zero-order valence-corrected chi connectivity index (χ0v) is 14.4. The molecule has 2 rings (SSSR count). The molecule has 1 atom stereocenters. The van der Waals surface area contributed by atoms with Gasteiger partial charge in [0.15, 0.2) is 17.6 Å². The molecule has 1 aromatic heterocycles. The molecular formula is C17H20N4O3. The van der Waals surface area contributed by atoms with E-state index in [1.165, 1.54) is 7.11 Å². The molecule has 1 N–H and O–H groups in total. The second kappa shape index (κ2) is 7.04. The molecule has 1 aromatic carbocycles. The number of nitriles is 1. The van der Waals surface area contributed by atoms with Gasteiger partial charge in [0.05, 0.1) is 35.8 Å². The van der Waals surface area contributed by atoms with Gasteiger partial charge in [-0.25, -0.2) is 0 Å². The molecule has 126 valence electrons. The first kappa shape index (κ1) is 17.3. The van der Waals surface area contributed by atoms with Gasteiger partial charge in [-0.15, -0.1) is 0 Å². The fraction of sp³-hybridized carbons (Fsp3) is 0.353. The Bertz CT molecular complexity index is 805. The summed E-state index contributed by atoms with van der Waals surface area (Å²) in [6.45, 7) is 5.36. The molecule has 0 aliphatic carbocycles. The van der Waals surface area contributed by atoms with Gasteiger partial charge in [0, 0.05) is 13.1 Å². The predicted octanol–water partition coefficient (Wildman–Crippen LogP) is 2.32. The average molecular weight is 328 g/mol. The summed E-state index contributed by atoms with van der Waals surface area (Å²) in [5.41, 5.74) is 2.75. The maximum absolute atomic E-state index is 12.4. The fourth-order valence-electron chi connectivity index (χ4n) is 2.26. The maximum Gasteiger partial charge on any atom is 0.265 e. The predicted molar refractivity (Wildman–Crippen MR) is 89.1 cm³/mol. The number of aromatic nitrogens is 2. The highest BCUT2D eigenvalue weighted by Crippen LogP contribution is 2.29. The van der Waals surface area contributed by atoms with Gasteiger partial charge in [0.1, 0.15) is 0 Å². The number of hydrogen-bond donors (Lipinski definition) is 1. The number of amides is 1. The Kier molecular flexibility index (Phi) is 5.09. The Balaban J connectivity index is 2.13. The van der Waals surface area contributed by atoms with E-state index in [0.717, 1.165) is 11.4 Å². The first-order valence-electron chi connectivity index (χ1n) is 7.43. The summed E-state index contributed by atoms with van der Waals surface area (Å²) in [4.78, 5) is 12.4. The molecule has 0 spiro atoms. The average Bonchev–Trinajstić information content (AvgIpc) is 2.81. The van der Waals surface area contributed by atoms with Crippen LogP contribution < -0.4 is 14.8 Å². The normalized spacial score (nSPS) is 11.5. The van der Waals surface area contributed by atoms with E-state index in [0.29, 0.717) is 22.7 Å². The minimum absolute atomic E-state index is 0.291. The van der Waals surface area contributed by atoms with Gasteiger partial charge in [0.25, 0.3) is 5.91 Å². The number of hydrogen-bond acceptors (Lipinski definition) is 5. The molecule has 0 saturated heterocycles. The van der Waals surface area contributed by atoms with Crippen molar-refractivity contribution < 1.29 is 14.3 Å². The number of nitrogens with one attached hydrogen (secondary N) is 1. The number of benzene rings is 1. The van der Waals surface area contributed by atoms with Gasteiger partial charge >= 0.3 is 0 Å². The number of carbonyl (C=O) groups excluding carboxylic acids is 1. The second-order valence-electron chi connectivity index (χ2n) is 5.40. The maximum atomic E-state index is 12.4. The molecule has 2 aromatic rings. The van der Waals surface area contributed by atoms with E-state index >= 15 is 0 Å². The van der Waals surface area contributed by atoms with Crippen molar-refractivity contribution in [2.45, 2.75) is 26.9 Å². The number of rotatable bonds is 5. The quantitative estimate of drug-likeness (QED) is 0.910. The van der Waals surface area contributed by atoms with Crippen LogP contribution in [0.15, 0.2) is 18.2 Å². The summed E-state index contributed by atoms with van der Waals surface area (Å²) in [5.74, 6) is 0.516. The zero-order chi connectivity index (χ0) is 17.9. The van der Waals surface area contributed by atoms with E-state index in [4.69, 9.17) is 14.7 Å². The molecule has 24 heavy (non-hydrogen) atoms. The molecule has 0 aliphatic heterocycles. The van der Waals surface area contributed by atoms with Crippen molar-refractivity contribution in [2.75, 3.05) is 12.4 Å². The molecular weight excluding hydrogens is 308 g/mol. The van der Waals surface area contributed by atoms with E-state index in [-0.39, 0.29) is 5.91 Å². The zero-order valence-electron chi connectivity index (χ0n) is 14.4. The highest BCUT2D eigenvalue weighted by atomic mass is 16.5. The van der Waals surface area contributed by atoms with Crippen molar-refractivity contribution in [2.24, 2.45) is 7.05 Å². The van der Waals surface area contributed by atoms with Gasteiger partial charge in [-0.1, -0.05) is 0 Å². The van der Waals surface area contributed by atoms with Gasteiger partial charge < -0.3 is 14.8 Å². The summed E-state index contributed by atoms with van der Waals surface area (Å²) in [7, 11) is 3.30. The number of nitrogens with zero attached hydrogens (tertiary/aromatic N) is 3. The van der Waals surface area contributed by atoms with E-state index in [1.807, 2.05) is 27.0 Å². The first-order chi connectivity index (χ1) is 11.4. The molecule has 0 aliphatic rings. The van der Waals surface area contributed by atoms with E-state index in [2.05, 4.69) is 10.4 Å². The second-order valence-corrected chi connectivity index (χ2v) is 5.40. The number of aryl methyl sites for hydroxylation is 2. The monoisotopic (exact) mass is 328 g/mol. The van der Waals surface area contributed by atoms with Crippen LogP contribution in [0.25, 0.3) is 0 Å². The molecule has 0 saturated carbocycles. The van der Waals surface area contributed by atoms with Crippen LogP contribution in [0.4, 0.5) is 5.69 Å². The molecule has 0 bridgehead atoms. The van der Waals surface area contributed by atoms with Gasteiger partial charge in [0.2, 0.25) is 0 Å². The Morgan fingerprint density at radius 2 is 2.08 bits per heavy atom. The number of methoxy groups -OCH3 is 1.